The lowest BCUT2D eigenvalue weighted by molar-refractivity contribution is -0.0632. The number of ether oxygens (including phenoxy) is 1. The first-order valence-electron chi connectivity index (χ1n) is 5.55. The maximum Gasteiger partial charge on any atom is 0.117 e. The Morgan fingerprint density at radius 1 is 1.53 bits per heavy atom. The number of furan rings is 1. The molecule has 0 radical (unpaired) electrons. The van der Waals surface area contributed by atoms with E-state index in [1.54, 1.807) is 6.26 Å². The molecule has 1 aromatic heterocycles. The van der Waals surface area contributed by atoms with E-state index in [-0.39, 0.29) is 5.60 Å². The zero-order chi connectivity index (χ0) is 10.7. The number of hydrogen-bond acceptors (Lipinski definition) is 3. The van der Waals surface area contributed by atoms with Crippen molar-refractivity contribution in [1.29, 1.82) is 0 Å². The Labute approximate surface area is 90.8 Å². The number of rotatable bonds is 3. The van der Waals surface area contributed by atoms with Crippen LogP contribution in [0.4, 0.5) is 0 Å². The summed E-state index contributed by atoms with van der Waals surface area (Å²) in [6.45, 7) is 5.96. The standard InChI is InChI=1S/C12H19NO2/c1-12(2)8-10(5-7-15-12)13-9-11-4-3-6-14-11/h3-4,6,10,13H,5,7-9H2,1-2H3. The summed E-state index contributed by atoms with van der Waals surface area (Å²) < 4.78 is 11.0. The molecule has 2 heterocycles. The molecule has 1 saturated heterocycles. The third-order valence-electron chi connectivity index (χ3n) is 2.84. The average Bonchev–Trinajstić information content (AvgIpc) is 2.65. The summed E-state index contributed by atoms with van der Waals surface area (Å²) in [5.41, 5.74) is 0.0130. The summed E-state index contributed by atoms with van der Waals surface area (Å²) in [7, 11) is 0. The second kappa shape index (κ2) is 4.37. The highest BCUT2D eigenvalue weighted by Gasteiger charge is 2.28. The summed E-state index contributed by atoms with van der Waals surface area (Å²) in [6, 6.07) is 4.46. The maximum atomic E-state index is 5.67. The van der Waals surface area contributed by atoms with E-state index in [1.807, 2.05) is 12.1 Å². The molecule has 0 saturated carbocycles. The van der Waals surface area contributed by atoms with Gasteiger partial charge >= 0.3 is 0 Å². The van der Waals surface area contributed by atoms with Gasteiger partial charge in [-0.25, -0.2) is 0 Å². The summed E-state index contributed by atoms with van der Waals surface area (Å²) in [5.74, 6) is 0.999. The van der Waals surface area contributed by atoms with E-state index in [9.17, 15) is 0 Å². The molecule has 1 unspecified atom stereocenters. The van der Waals surface area contributed by atoms with E-state index < -0.39 is 0 Å². The summed E-state index contributed by atoms with van der Waals surface area (Å²) >= 11 is 0. The van der Waals surface area contributed by atoms with Crippen molar-refractivity contribution in [3.63, 3.8) is 0 Å². The van der Waals surface area contributed by atoms with Gasteiger partial charge in [0.25, 0.3) is 0 Å². The molecule has 1 aromatic rings. The minimum Gasteiger partial charge on any atom is -0.468 e. The lowest BCUT2D eigenvalue weighted by Crippen LogP contribution is -2.43. The Kier molecular flexibility index (Phi) is 3.12. The molecular weight excluding hydrogens is 190 g/mol. The molecule has 1 aliphatic heterocycles. The SMILES string of the molecule is CC1(C)CC(NCc2ccco2)CCO1. The highest BCUT2D eigenvalue weighted by Crippen LogP contribution is 2.24. The van der Waals surface area contributed by atoms with Crippen molar-refractivity contribution in [2.75, 3.05) is 6.61 Å². The van der Waals surface area contributed by atoms with Gasteiger partial charge in [-0.2, -0.15) is 0 Å². The van der Waals surface area contributed by atoms with Crippen molar-refractivity contribution in [3.8, 4) is 0 Å². The molecular formula is C12H19NO2. The van der Waals surface area contributed by atoms with E-state index in [4.69, 9.17) is 9.15 Å². The first-order chi connectivity index (χ1) is 7.16. The minimum absolute atomic E-state index is 0.0130. The Morgan fingerprint density at radius 3 is 3.07 bits per heavy atom. The van der Waals surface area contributed by atoms with Gasteiger partial charge < -0.3 is 14.5 Å². The van der Waals surface area contributed by atoms with Crippen LogP contribution >= 0.6 is 0 Å². The first-order valence-corrected chi connectivity index (χ1v) is 5.55. The molecule has 1 aliphatic rings. The van der Waals surface area contributed by atoms with Gasteiger partial charge in [0.15, 0.2) is 0 Å². The normalized spacial score (nSPS) is 25.3. The summed E-state index contributed by atoms with van der Waals surface area (Å²) in [5, 5.41) is 3.51. The molecule has 84 valence electrons. The quantitative estimate of drug-likeness (QED) is 0.829. The molecule has 0 amide bonds. The van der Waals surface area contributed by atoms with Crippen LogP contribution in [0.3, 0.4) is 0 Å². The lowest BCUT2D eigenvalue weighted by atomic mass is 9.94. The second-order valence-corrected chi connectivity index (χ2v) is 4.76. The Hall–Kier alpha value is -0.800. The Morgan fingerprint density at radius 2 is 2.40 bits per heavy atom. The molecule has 2 rings (SSSR count). The van der Waals surface area contributed by atoms with Crippen LogP contribution in [-0.4, -0.2) is 18.2 Å². The fourth-order valence-electron chi connectivity index (χ4n) is 2.06. The lowest BCUT2D eigenvalue weighted by Gasteiger charge is -2.35. The van der Waals surface area contributed by atoms with Crippen LogP contribution in [0.25, 0.3) is 0 Å². The fraction of sp³-hybridized carbons (Fsp3) is 0.667. The minimum atomic E-state index is 0.0130. The molecule has 0 aromatic carbocycles. The van der Waals surface area contributed by atoms with E-state index in [1.165, 1.54) is 0 Å². The van der Waals surface area contributed by atoms with Gasteiger partial charge in [-0.3, -0.25) is 0 Å². The summed E-state index contributed by atoms with van der Waals surface area (Å²) in [6.07, 6.45) is 3.86. The van der Waals surface area contributed by atoms with Gasteiger partial charge in [-0.05, 0) is 38.8 Å². The first kappa shape index (κ1) is 10.7. The maximum absolute atomic E-state index is 5.67. The summed E-state index contributed by atoms with van der Waals surface area (Å²) in [4.78, 5) is 0. The van der Waals surface area contributed by atoms with Crippen molar-refractivity contribution in [2.24, 2.45) is 0 Å². The topological polar surface area (TPSA) is 34.4 Å². The predicted molar refractivity (Wildman–Crippen MR) is 58.6 cm³/mol. The molecule has 0 aliphatic carbocycles. The number of nitrogens with one attached hydrogen (secondary N) is 1. The molecule has 0 bridgehead atoms. The van der Waals surface area contributed by atoms with Gasteiger partial charge in [0, 0.05) is 12.6 Å². The molecule has 1 N–H and O–H groups in total. The number of hydrogen-bond donors (Lipinski definition) is 1. The highest BCUT2D eigenvalue weighted by atomic mass is 16.5. The van der Waals surface area contributed by atoms with Crippen molar-refractivity contribution < 1.29 is 9.15 Å². The van der Waals surface area contributed by atoms with Gasteiger partial charge in [-0.1, -0.05) is 0 Å². The zero-order valence-corrected chi connectivity index (χ0v) is 9.45. The van der Waals surface area contributed by atoms with Crippen molar-refractivity contribution in [1.82, 2.24) is 5.32 Å². The van der Waals surface area contributed by atoms with E-state index in [2.05, 4.69) is 19.2 Å². The molecule has 0 spiro atoms. The van der Waals surface area contributed by atoms with Crippen LogP contribution < -0.4 is 5.32 Å². The molecule has 3 heteroatoms. The van der Waals surface area contributed by atoms with Crippen LogP contribution in [0.5, 0.6) is 0 Å². The van der Waals surface area contributed by atoms with Crippen LogP contribution in [0.15, 0.2) is 22.8 Å². The molecule has 3 nitrogen and oxygen atoms in total. The van der Waals surface area contributed by atoms with Gasteiger partial charge in [-0.15, -0.1) is 0 Å². The predicted octanol–water partition coefficient (Wildman–Crippen LogP) is 2.33. The Balaban J connectivity index is 1.80. The molecule has 1 atom stereocenters. The monoisotopic (exact) mass is 209 g/mol. The van der Waals surface area contributed by atoms with Crippen molar-refractivity contribution in [2.45, 2.75) is 44.9 Å². The van der Waals surface area contributed by atoms with Gasteiger partial charge in [0.1, 0.15) is 5.76 Å². The highest BCUT2D eigenvalue weighted by molar-refractivity contribution is 4.98. The zero-order valence-electron chi connectivity index (χ0n) is 9.45. The van der Waals surface area contributed by atoms with E-state index in [0.717, 1.165) is 31.8 Å². The van der Waals surface area contributed by atoms with E-state index in [0.29, 0.717) is 6.04 Å². The van der Waals surface area contributed by atoms with Crippen LogP contribution in [0.2, 0.25) is 0 Å². The van der Waals surface area contributed by atoms with Crippen LogP contribution in [0, 0.1) is 0 Å². The fourth-order valence-corrected chi connectivity index (χ4v) is 2.06. The second-order valence-electron chi connectivity index (χ2n) is 4.76. The third kappa shape index (κ3) is 3.08. The Bertz CT molecular complexity index is 293. The largest absolute Gasteiger partial charge is 0.468 e. The van der Waals surface area contributed by atoms with Crippen LogP contribution in [0.1, 0.15) is 32.4 Å². The van der Waals surface area contributed by atoms with E-state index >= 15 is 0 Å². The van der Waals surface area contributed by atoms with Crippen LogP contribution in [-0.2, 0) is 11.3 Å². The molecule has 1 fully saturated rings. The van der Waals surface area contributed by atoms with Crippen molar-refractivity contribution >= 4 is 0 Å². The average molecular weight is 209 g/mol. The van der Waals surface area contributed by atoms with Crippen molar-refractivity contribution in [3.05, 3.63) is 24.2 Å². The van der Waals surface area contributed by atoms with Gasteiger partial charge in [0.05, 0.1) is 18.4 Å². The molecule has 15 heavy (non-hydrogen) atoms. The van der Waals surface area contributed by atoms with Gasteiger partial charge in [0.2, 0.25) is 0 Å². The smallest absolute Gasteiger partial charge is 0.117 e. The third-order valence-corrected chi connectivity index (χ3v) is 2.84.